The van der Waals surface area contributed by atoms with Gasteiger partial charge in [-0.1, -0.05) is 51.1 Å². The van der Waals surface area contributed by atoms with E-state index >= 15 is 0 Å². The van der Waals surface area contributed by atoms with Crippen LogP contribution in [0.2, 0.25) is 0 Å². The molecule has 1 amide bonds. The smallest absolute Gasteiger partial charge is 0.408 e. The van der Waals surface area contributed by atoms with E-state index < -0.39 is 17.0 Å². The van der Waals surface area contributed by atoms with Crippen LogP contribution in [0, 0.1) is 12.3 Å². The molecule has 3 N–H and O–H groups in total. The van der Waals surface area contributed by atoms with Gasteiger partial charge in [-0.3, -0.25) is 14.8 Å². The number of fused-ring (bicyclic) bond motifs is 1. The SMILES string of the molecule is Cc1[nH]ncc1-c1cc2nc([C@@]3(C(C)(C)C)C[C@H](c4ccccc4)CN3C(=O)O)[nH]c(=O)c2s1. The normalized spacial score (nSPS) is 20.8. The number of hydrogen-bond donors (Lipinski definition) is 3. The summed E-state index contributed by atoms with van der Waals surface area (Å²) in [4.78, 5) is 36.1. The Balaban J connectivity index is 1.70. The van der Waals surface area contributed by atoms with Crippen LogP contribution in [-0.4, -0.2) is 42.8 Å². The summed E-state index contributed by atoms with van der Waals surface area (Å²) in [6, 6.07) is 11.8. The number of rotatable bonds is 3. The molecule has 8 nitrogen and oxygen atoms in total. The number of hydrogen-bond acceptors (Lipinski definition) is 5. The molecular weight excluding hydrogens is 450 g/mol. The first-order chi connectivity index (χ1) is 16.1. The molecule has 1 aromatic carbocycles. The van der Waals surface area contributed by atoms with Gasteiger partial charge in [0.15, 0.2) is 0 Å². The van der Waals surface area contributed by atoms with E-state index in [1.807, 2.05) is 64.1 Å². The Morgan fingerprint density at radius 2 is 2.00 bits per heavy atom. The minimum atomic E-state index is -1.02. The molecule has 0 saturated carbocycles. The number of nitrogens with one attached hydrogen (secondary N) is 2. The number of H-pyrrole nitrogens is 2. The minimum absolute atomic E-state index is 0.0101. The maximum atomic E-state index is 13.2. The molecular formula is C25H27N5O3S. The van der Waals surface area contributed by atoms with Crippen LogP contribution in [-0.2, 0) is 5.54 Å². The molecule has 0 bridgehead atoms. The Kier molecular flexibility index (Phi) is 5.12. The molecule has 4 heterocycles. The van der Waals surface area contributed by atoms with Crippen LogP contribution in [0.3, 0.4) is 0 Å². The van der Waals surface area contributed by atoms with Gasteiger partial charge in [0.2, 0.25) is 0 Å². The maximum absolute atomic E-state index is 13.2. The lowest BCUT2D eigenvalue weighted by atomic mass is 9.69. The van der Waals surface area contributed by atoms with Gasteiger partial charge in [-0.15, -0.1) is 11.3 Å². The molecule has 0 radical (unpaired) electrons. The van der Waals surface area contributed by atoms with E-state index in [-0.39, 0.29) is 11.5 Å². The summed E-state index contributed by atoms with van der Waals surface area (Å²) in [7, 11) is 0. The van der Waals surface area contributed by atoms with Crippen molar-refractivity contribution < 1.29 is 9.90 Å². The molecule has 34 heavy (non-hydrogen) atoms. The van der Waals surface area contributed by atoms with Gasteiger partial charge >= 0.3 is 6.09 Å². The van der Waals surface area contributed by atoms with Crippen molar-refractivity contribution in [3.63, 3.8) is 0 Å². The highest BCUT2D eigenvalue weighted by Gasteiger charge is 2.58. The summed E-state index contributed by atoms with van der Waals surface area (Å²) in [6.07, 6.45) is 1.24. The molecule has 0 unspecified atom stereocenters. The van der Waals surface area contributed by atoms with Gasteiger partial charge < -0.3 is 10.1 Å². The van der Waals surface area contributed by atoms with E-state index in [2.05, 4.69) is 15.2 Å². The van der Waals surface area contributed by atoms with E-state index in [9.17, 15) is 14.7 Å². The van der Waals surface area contributed by atoms with Crippen molar-refractivity contribution in [1.29, 1.82) is 0 Å². The molecule has 0 spiro atoms. The first-order valence-electron chi connectivity index (χ1n) is 11.2. The maximum Gasteiger partial charge on any atom is 0.408 e. The average molecular weight is 478 g/mol. The predicted octanol–water partition coefficient (Wildman–Crippen LogP) is 5.09. The lowest BCUT2D eigenvalue weighted by Crippen LogP contribution is -2.54. The number of amides is 1. The monoisotopic (exact) mass is 477 g/mol. The zero-order chi connectivity index (χ0) is 24.3. The zero-order valence-electron chi connectivity index (χ0n) is 19.5. The summed E-state index contributed by atoms with van der Waals surface area (Å²) in [6.45, 7) is 8.29. The number of aryl methyl sites for hydroxylation is 1. The number of likely N-dealkylation sites (tertiary alicyclic amines) is 1. The molecule has 1 aliphatic heterocycles. The second-order valence-corrected chi connectivity index (χ2v) is 11.0. The van der Waals surface area contributed by atoms with Gasteiger partial charge in [0, 0.05) is 28.6 Å². The Morgan fingerprint density at radius 3 is 2.62 bits per heavy atom. The molecule has 0 aliphatic carbocycles. The first kappa shape index (κ1) is 22.3. The number of carboxylic acid groups (broad SMARTS) is 1. The van der Waals surface area contributed by atoms with Crippen molar-refractivity contribution in [3.8, 4) is 10.4 Å². The fraction of sp³-hybridized carbons (Fsp3) is 0.360. The standard InChI is InChI=1S/C25H27N5O3S/c1-14-17(12-26-29-14)19-10-18-20(34-19)21(31)28-22(27-18)25(24(2,3)4)11-16(13-30(25)23(32)33)15-8-6-5-7-9-15/h5-10,12,16H,11,13H2,1-4H3,(H,26,29)(H,32,33)(H,27,28,31)/t16-,25+/m0/s1. The average Bonchev–Trinajstić information content (AvgIpc) is 3.50. The van der Waals surface area contributed by atoms with E-state index in [4.69, 9.17) is 4.98 Å². The molecule has 176 valence electrons. The molecule has 1 aliphatic rings. The van der Waals surface area contributed by atoms with Crippen molar-refractivity contribution >= 4 is 27.6 Å². The third-order valence-corrected chi connectivity index (χ3v) is 8.17. The van der Waals surface area contributed by atoms with Gasteiger partial charge in [0.1, 0.15) is 16.1 Å². The molecule has 9 heteroatoms. The van der Waals surface area contributed by atoms with Crippen LogP contribution in [0.4, 0.5) is 4.79 Å². The van der Waals surface area contributed by atoms with Gasteiger partial charge in [0.05, 0.1) is 11.7 Å². The van der Waals surface area contributed by atoms with Crippen molar-refractivity contribution in [1.82, 2.24) is 25.1 Å². The minimum Gasteiger partial charge on any atom is -0.465 e. The third kappa shape index (κ3) is 3.34. The van der Waals surface area contributed by atoms with E-state index in [1.54, 1.807) is 6.20 Å². The largest absolute Gasteiger partial charge is 0.465 e. The number of carbonyl (C=O) groups is 1. The summed E-state index contributed by atoms with van der Waals surface area (Å²) >= 11 is 1.36. The van der Waals surface area contributed by atoms with E-state index in [0.717, 1.165) is 21.7 Å². The highest BCUT2D eigenvalue weighted by atomic mass is 32.1. The predicted molar refractivity (Wildman–Crippen MR) is 132 cm³/mol. The first-order valence-corrected chi connectivity index (χ1v) is 12.0. The number of thiophene rings is 1. The fourth-order valence-corrected chi connectivity index (χ4v) is 6.31. The van der Waals surface area contributed by atoms with Gasteiger partial charge in [-0.25, -0.2) is 9.78 Å². The quantitative estimate of drug-likeness (QED) is 0.380. The molecule has 2 atom stereocenters. The van der Waals surface area contributed by atoms with Crippen LogP contribution >= 0.6 is 11.3 Å². The number of benzene rings is 1. The highest BCUT2D eigenvalue weighted by Crippen LogP contribution is 2.54. The Hall–Kier alpha value is -3.46. The van der Waals surface area contributed by atoms with Crippen molar-refractivity contribution in [2.24, 2.45) is 5.41 Å². The molecule has 1 fully saturated rings. The number of nitrogens with zero attached hydrogens (tertiary/aromatic N) is 3. The van der Waals surface area contributed by atoms with Crippen molar-refractivity contribution in [2.75, 3.05) is 6.54 Å². The van der Waals surface area contributed by atoms with Gasteiger partial charge in [0.25, 0.3) is 5.56 Å². The van der Waals surface area contributed by atoms with Crippen LogP contribution in [0.1, 0.15) is 50.2 Å². The molecule has 1 saturated heterocycles. The summed E-state index contributed by atoms with van der Waals surface area (Å²) in [5, 5.41) is 17.3. The van der Waals surface area contributed by atoms with E-state index in [0.29, 0.717) is 29.0 Å². The lowest BCUT2D eigenvalue weighted by molar-refractivity contribution is 0.0211. The Labute approximate surface area is 200 Å². The van der Waals surface area contributed by atoms with Gasteiger partial charge in [-0.2, -0.15) is 5.10 Å². The highest BCUT2D eigenvalue weighted by molar-refractivity contribution is 7.22. The van der Waals surface area contributed by atoms with Crippen molar-refractivity contribution in [2.45, 2.75) is 45.6 Å². The zero-order valence-corrected chi connectivity index (χ0v) is 20.4. The molecule has 4 aromatic rings. The second kappa shape index (κ2) is 7.80. The number of aromatic amines is 2. The molecule has 3 aromatic heterocycles. The van der Waals surface area contributed by atoms with Crippen LogP contribution in [0.15, 0.2) is 47.4 Å². The van der Waals surface area contributed by atoms with Gasteiger partial charge in [-0.05, 0) is 30.4 Å². The van der Waals surface area contributed by atoms with E-state index in [1.165, 1.54) is 16.2 Å². The fourth-order valence-electron chi connectivity index (χ4n) is 5.26. The third-order valence-electron chi connectivity index (χ3n) is 7.02. The van der Waals surface area contributed by atoms with Crippen molar-refractivity contribution in [3.05, 3.63) is 70.0 Å². The Morgan fingerprint density at radius 1 is 1.26 bits per heavy atom. The van der Waals surface area contributed by atoms with Crippen LogP contribution in [0.5, 0.6) is 0 Å². The topological polar surface area (TPSA) is 115 Å². The summed E-state index contributed by atoms with van der Waals surface area (Å²) < 4.78 is 0.517. The Bertz CT molecular complexity index is 1430. The lowest BCUT2D eigenvalue weighted by Gasteiger charge is -2.45. The van der Waals surface area contributed by atoms with Crippen LogP contribution < -0.4 is 5.56 Å². The second-order valence-electron chi connectivity index (χ2n) is 9.96. The summed E-state index contributed by atoms with van der Waals surface area (Å²) in [5.41, 5.74) is 1.70. The van der Waals surface area contributed by atoms with Crippen LogP contribution in [0.25, 0.3) is 20.7 Å². The summed E-state index contributed by atoms with van der Waals surface area (Å²) in [5.74, 6) is 0.385. The molecule has 5 rings (SSSR count). The number of aromatic nitrogens is 4.